The van der Waals surface area contributed by atoms with E-state index in [9.17, 15) is 9.59 Å². The fraction of sp³-hybridized carbons (Fsp3) is 0.429. The molecule has 1 atom stereocenters. The second-order valence-corrected chi connectivity index (χ2v) is 5.25. The highest BCUT2D eigenvalue weighted by Crippen LogP contribution is 2.27. The van der Waals surface area contributed by atoms with Crippen LogP contribution in [0.15, 0.2) is 18.2 Å². The maximum absolute atomic E-state index is 12.4. The zero-order chi connectivity index (χ0) is 14.1. The Kier molecular flexibility index (Phi) is 3.22. The molecule has 0 aliphatic carbocycles. The molecule has 0 bridgehead atoms. The fourth-order valence-corrected chi connectivity index (χ4v) is 2.73. The summed E-state index contributed by atoms with van der Waals surface area (Å²) >= 11 is 0. The summed E-state index contributed by atoms with van der Waals surface area (Å²) in [4.78, 5) is 25.3. The largest absolute Gasteiger partial charge is 0.382 e. The third-order valence-corrected chi connectivity index (χ3v) is 3.90. The SMILES string of the molecule is NC(=O)C1CCN(C(=O)c2ccc3c(c2)NCCN3)C1. The summed E-state index contributed by atoms with van der Waals surface area (Å²) < 4.78 is 0. The summed E-state index contributed by atoms with van der Waals surface area (Å²) in [5, 5.41) is 6.54. The maximum atomic E-state index is 12.4. The van der Waals surface area contributed by atoms with Gasteiger partial charge in [-0.15, -0.1) is 0 Å². The minimum atomic E-state index is -0.323. The van der Waals surface area contributed by atoms with Gasteiger partial charge in [-0.2, -0.15) is 0 Å². The molecule has 2 aliphatic rings. The molecule has 1 fully saturated rings. The van der Waals surface area contributed by atoms with Gasteiger partial charge < -0.3 is 21.3 Å². The highest BCUT2D eigenvalue weighted by molar-refractivity contribution is 5.97. The van der Waals surface area contributed by atoms with E-state index in [2.05, 4.69) is 10.6 Å². The Morgan fingerprint density at radius 1 is 1.20 bits per heavy atom. The van der Waals surface area contributed by atoms with Gasteiger partial charge in [-0.25, -0.2) is 0 Å². The van der Waals surface area contributed by atoms with Crippen LogP contribution in [0, 0.1) is 5.92 Å². The van der Waals surface area contributed by atoms with Gasteiger partial charge in [0, 0.05) is 31.7 Å². The van der Waals surface area contributed by atoms with Gasteiger partial charge in [0.15, 0.2) is 0 Å². The number of primary amides is 1. The molecule has 0 saturated carbocycles. The number of nitrogens with zero attached hydrogens (tertiary/aromatic N) is 1. The summed E-state index contributed by atoms with van der Waals surface area (Å²) in [5.41, 5.74) is 7.91. The van der Waals surface area contributed by atoms with Crippen LogP contribution in [0.4, 0.5) is 11.4 Å². The average Bonchev–Trinajstić information content (AvgIpc) is 2.96. The molecule has 106 valence electrons. The first kappa shape index (κ1) is 12.8. The first-order valence-electron chi connectivity index (χ1n) is 6.85. The lowest BCUT2D eigenvalue weighted by atomic mass is 10.1. The number of nitrogens with two attached hydrogens (primary N) is 1. The van der Waals surface area contributed by atoms with Gasteiger partial charge >= 0.3 is 0 Å². The van der Waals surface area contributed by atoms with E-state index >= 15 is 0 Å². The van der Waals surface area contributed by atoms with E-state index in [1.165, 1.54) is 0 Å². The fourth-order valence-electron chi connectivity index (χ4n) is 2.73. The molecule has 1 aromatic carbocycles. The Morgan fingerprint density at radius 2 is 1.95 bits per heavy atom. The highest BCUT2D eigenvalue weighted by Gasteiger charge is 2.30. The van der Waals surface area contributed by atoms with Crippen LogP contribution in [0.5, 0.6) is 0 Å². The Bertz CT molecular complexity index is 558. The van der Waals surface area contributed by atoms with Crippen LogP contribution < -0.4 is 16.4 Å². The molecule has 2 heterocycles. The van der Waals surface area contributed by atoms with Gasteiger partial charge in [0.1, 0.15) is 0 Å². The zero-order valence-corrected chi connectivity index (χ0v) is 11.2. The van der Waals surface area contributed by atoms with Gasteiger partial charge in [0.2, 0.25) is 5.91 Å². The highest BCUT2D eigenvalue weighted by atomic mass is 16.2. The van der Waals surface area contributed by atoms with Crippen LogP contribution in [0.1, 0.15) is 16.8 Å². The smallest absolute Gasteiger partial charge is 0.253 e. The summed E-state index contributed by atoms with van der Waals surface area (Å²) in [6, 6.07) is 5.59. The molecule has 0 spiro atoms. The van der Waals surface area contributed by atoms with E-state index in [0.29, 0.717) is 25.1 Å². The summed E-state index contributed by atoms with van der Waals surface area (Å²) in [5.74, 6) is -0.572. The summed E-state index contributed by atoms with van der Waals surface area (Å²) in [7, 11) is 0. The van der Waals surface area contributed by atoms with Crippen LogP contribution in [0.25, 0.3) is 0 Å². The molecule has 1 unspecified atom stereocenters. The van der Waals surface area contributed by atoms with Crippen LogP contribution in [-0.4, -0.2) is 42.9 Å². The molecule has 4 N–H and O–H groups in total. The van der Waals surface area contributed by atoms with Crippen molar-refractivity contribution in [1.29, 1.82) is 0 Å². The number of nitrogens with one attached hydrogen (secondary N) is 2. The third kappa shape index (κ3) is 2.29. The predicted molar refractivity (Wildman–Crippen MR) is 76.6 cm³/mol. The molecule has 2 aliphatic heterocycles. The Balaban J connectivity index is 1.76. The first-order chi connectivity index (χ1) is 9.65. The van der Waals surface area contributed by atoms with E-state index in [1.54, 1.807) is 4.90 Å². The minimum absolute atomic E-state index is 0.0380. The second kappa shape index (κ2) is 5.03. The molecule has 0 aromatic heterocycles. The normalized spacial score (nSPS) is 20.8. The first-order valence-corrected chi connectivity index (χ1v) is 6.85. The van der Waals surface area contributed by atoms with Crippen molar-refractivity contribution in [1.82, 2.24) is 4.90 Å². The average molecular weight is 274 g/mol. The van der Waals surface area contributed by atoms with Crippen LogP contribution >= 0.6 is 0 Å². The van der Waals surface area contributed by atoms with Gasteiger partial charge in [-0.05, 0) is 24.6 Å². The van der Waals surface area contributed by atoms with Crippen molar-refractivity contribution in [2.45, 2.75) is 6.42 Å². The van der Waals surface area contributed by atoms with E-state index in [1.807, 2.05) is 18.2 Å². The zero-order valence-electron chi connectivity index (χ0n) is 11.2. The molecular weight excluding hydrogens is 256 g/mol. The van der Waals surface area contributed by atoms with E-state index in [-0.39, 0.29) is 17.7 Å². The topological polar surface area (TPSA) is 87.5 Å². The molecule has 1 aromatic rings. The Labute approximate surface area is 117 Å². The Morgan fingerprint density at radius 3 is 2.65 bits per heavy atom. The summed E-state index contributed by atoms with van der Waals surface area (Å²) in [6.45, 7) is 2.75. The van der Waals surface area contributed by atoms with Gasteiger partial charge in [0.05, 0.1) is 17.3 Å². The van der Waals surface area contributed by atoms with Gasteiger partial charge in [-0.3, -0.25) is 9.59 Å². The van der Waals surface area contributed by atoms with Crippen LogP contribution in [0.2, 0.25) is 0 Å². The number of amides is 2. The van der Waals surface area contributed by atoms with Crippen molar-refractivity contribution in [2.75, 3.05) is 36.8 Å². The molecule has 0 radical (unpaired) electrons. The molecule has 2 amide bonds. The molecule has 6 heteroatoms. The van der Waals surface area contributed by atoms with Crippen molar-refractivity contribution in [3.8, 4) is 0 Å². The van der Waals surface area contributed by atoms with Crippen molar-refractivity contribution >= 4 is 23.2 Å². The van der Waals surface area contributed by atoms with Crippen molar-refractivity contribution < 1.29 is 9.59 Å². The predicted octanol–water partition coefficient (Wildman–Crippen LogP) is 0.471. The van der Waals surface area contributed by atoms with Crippen molar-refractivity contribution in [3.05, 3.63) is 23.8 Å². The van der Waals surface area contributed by atoms with E-state index in [4.69, 9.17) is 5.73 Å². The molecule has 6 nitrogen and oxygen atoms in total. The molecule has 1 saturated heterocycles. The van der Waals surface area contributed by atoms with Crippen LogP contribution in [0.3, 0.4) is 0 Å². The molecule has 3 rings (SSSR count). The van der Waals surface area contributed by atoms with E-state index in [0.717, 1.165) is 24.5 Å². The number of likely N-dealkylation sites (tertiary alicyclic amines) is 1. The lowest BCUT2D eigenvalue weighted by Crippen LogP contribution is -2.32. The van der Waals surface area contributed by atoms with Crippen molar-refractivity contribution in [3.63, 3.8) is 0 Å². The van der Waals surface area contributed by atoms with Crippen LogP contribution in [-0.2, 0) is 4.79 Å². The minimum Gasteiger partial charge on any atom is -0.382 e. The quantitative estimate of drug-likeness (QED) is 0.731. The van der Waals surface area contributed by atoms with E-state index < -0.39 is 0 Å². The number of anilines is 2. The third-order valence-electron chi connectivity index (χ3n) is 3.90. The monoisotopic (exact) mass is 274 g/mol. The standard InChI is InChI=1S/C14H18N4O2/c15-13(19)10-3-6-18(8-10)14(20)9-1-2-11-12(7-9)17-5-4-16-11/h1-2,7,10,16-17H,3-6,8H2,(H2,15,19). The van der Waals surface area contributed by atoms with Crippen molar-refractivity contribution in [2.24, 2.45) is 11.7 Å². The lowest BCUT2D eigenvalue weighted by molar-refractivity contribution is -0.121. The number of hydrogen-bond donors (Lipinski definition) is 3. The summed E-state index contributed by atoms with van der Waals surface area (Å²) in [6.07, 6.45) is 0.659. The second-order valence-electron chi connectivity index (χ2n) is 5.25. The lowest BCUT2D eigenvalue weighted by Gasteiger charge is -2.22. The molecule has 20 heavy (non-hydrogen) atoms. The number of rotatable bonds is 2. The number of benzene rings is 1. The number of fused-ring (bicyclic) bond motifs is 1. The van der Waals surface area contributed by atoms with Gasteiger partial charge in [-0.1, -0.05) is 0 Å². The number of carbonyl (C=O) groups excluding carboxylic acids is 2. The Hall–Kier alpha value is -2.24. The number of carbonyl (C=O) groups is 2. The maximum Gasteiger partial charge on any atom is 0.253 e. The van der Waals surface area contributed by atoms with Gasteiger partial charge in [0.25, 0.3) is 5.91 Å². The molecular formula is C14H18N4O2. The number of hydrogen-bond acceptors (Lipinski definition) is 4.